The molecule has 1 aliphatic carbocycles. The molecule has 7 heteroatoms. The van der Waals surface area contributed by atoms with Crippen LogP contribution in [0.15, 0.2) is 30.3 Å². The lowest BCUT2D eigenvalue weighted by Crippen LogP contribution is -2.65. The van der Waals surface area contributed by atoms with Crippen LogP contribution < -0.4 is 10.1 Å². The smallest absolute Gasteiger partial charge is 0.273 e. The number of carbonyl (C=O) groups is 2. The van der Waals surface area contributed by atoms with Crippen molar-refractivity contribution in [3.8, 4) is 17.0 Å². The third-order valence-corrected chi connectivity index (χ3v) is 6.64. The maximum absolute atomic E-state index is 13.5. The molecule has 2 aromatic rings. The minimum absolute atomic E-state index is 0.0741. The molecular weight excluding hydrogens is 404 g/mol. The molecule has 1 aliphatic heterocycles. The Morgan fingerprint density at radius 1 is 1.19 bits per heavy atom. The van der Waals surface area contributed by atoms with E-state index >= 15 is 0 Å². The molecule has 1 unspecified atom stereocenters. The molecule has 2 amide bonds. The van der Waals surface area contributed by atoms with Gasteiger partial charge in [-0.1, -0.05) is 26.2 Å². The van der Waals surface area contributed by atoms with Crippen molar-refractivity contribution in [2.45, 2.75) is 77.4 Å². The van der Waals surface area contributed by atoms with Crippen LogP contribution in [-0.4, -0.2) is 51.2 Å². The predicted octanol–water partition coefficient (Wildman–Crippen LogP) is 4.02. The average molecular weight is 439 g/mol. The van der Waals surface area contributed by atoms with E-state index < -0.39 is 5.54 Å². The highest BCUT2D eigenvalue weighted by atomic mass is 16.5. The highest BCUT2D eigenvalue weighted by Crippen LogP contribution is 2.31. The number of nitrogens with one attached hydrogen (secondary N) is 1. The number of aromatic nitrogens is 2. The van der Waals surface area contributed by atoms with Crippen LogP contribution in [0.3, 0.4) is 0 Å². The second-order valence-electron chi connectivity index (χ2n) is 9.07. The van der Waals surface area contributed by atoms with Gasteiger partial charge in [0.2, 0.25) is 5.91 Å². The average Bonchev–Trinajstić information content (AvgIpc) is 3.22. The van der Waals surface area contributed by atoms with Gasteiger partial charge in [0.25, 0.3) is 5.91 Å². The lowest BCUT2D eigenvalue weighted by Gasteiger charge is -2.44. The maximum atomic E-state index is 13.5. The Bertz CT molecular complexity index is 962. The van der Waals surface area contributed by atoms with Gasteiger partial charge in [-0.2, -0.15) is 5.10 Å². The van der Waals surface area contributed by atoms with Gasteiger partial charge in [-0.25, -0.2) is 0 Å². The summed E-state index contributed by atoms with van der Waals surface area (Å²) in [5, 5.41) is 7.95. The van der Waals surface area contributed by atoms with E-state index in [-0.39, 0.29) is 17.9 Å². The summed E-state index contributed by atoms with van der Waals surface area (Å²) in [6.45, 7) is 7.36. The largest absolute Gasteiger partial charge is 0.494 e. The third-order valence-electron chi connectivity index (χ3n) is 6.64. The fourth-order valence-electron chi connectivity index (χ4n) is 4.83. The van der Waals surface area contributed by atoms with E-state index in [1.807, 2.05) is 51.1 Å². The Labute approximate surface area is 190 Å². The Morgan fingerprint density at radius 3 is 2.56 bits per heavy atom. The fraction of sp³-hybridized carbons (Fsp3) is 0.560. The number of amides is 2. The number of rotatable bonds is 7. The van der Waals surface area contributed by atoms with Gasteiger partial charge in [-0.3, -0.25) is 14.3 Å². The summed E-state index contributed by atoms with van der Waals surface area (Å²) in [5.74, 6) is 0.594. The molecule has 0 saturated heterocycles. The first-order valence-electron chi connectivity index (χ1n) is 11.9. The molecule has 2 heterocycles. The van der Waals surface area contributed by atoms with Gasteiger partial charge in [-0.15, -0.1) is 0 Å². The zero-order chi connectivity index (χ0) is 22.7. The van der Waals surface area contributed by atoms with Crippen molar-refractivity contribution in [3.63, 3.8) is 0 Å². The number of fused-ring (bicyclic) bond motifs is 1. The third kappa shape index (κ3) is 4.25. The van der Waals surface area contributed by atoms with Crippen LogP contribution >= 0.6 is 0 Å². The zero-order valence-corrected chi connectivity index (χ0v) is 19.4. The van der Waals surface area contributed by atoms with Gasteiger partial charge in [-0.05, 0) is 63.4 Å². The van der Waals surface area contributed by atoms with E-state index in [1.165, 1.54) is 6.42 Å². The summed E-state index contributed by atoms with van der Waals surface area (Å²) in [6, 6.07) is 9.74. The second-order valence-corrected chi connectivity index (χ2v) is 9.07. The van der Waals surface area contributed by atoms with E-state index in [4.69, 9.17) is 9.84 Å². The first-order valence-corrected chi connectivity index (χ1v) is 11.9. The van der Waals surface area contributed by atoms with Crippen LogP contribution in [0.25, 0.3) is 11.3 Å². The van der Waals surface area contributed by atoms with Crippen molar-refractivity contribution in [1.29, 1.82) is 0 Å². The quantitative estimate of drug-likeness (QED) is 0.708. The van der Waals surface area contributed by atoms with E-state index in [9.17, 15) is 9.59 Å². The number of hydrogen-bond donors (Lipinski definition) is 1. The van der Waals surface area contributed by atoms with Gasteiger partial charge in [0.1, 0.15) is 17.0 Å². The number of nitrogens with zero attached hydrogens (tertiary/aromatic N) is 3. The monoisotopic (exact) mass is 438 g/mol. The zero-order valence-electron chi connectivity index (χ0n) is 19.4. The van der Waals surface area contributed by atoms with E-state index in [1.54, 1.807) is 9.58 Å². The standard InChI is InChI=1S/C25H34N4O3/c1-4-15-28-23(30)22-16-21(18-11-13-20(14-12-18)32-5-2)27-29(22)17-25(28,3)24(31)26-19-9-7-6-8-10-19/h11-14,16,19H,4-10,15,17H2,1-3H3,(H,26,31). The first kappa shape index (κ1) is 22.4. The molecule has 1 saturated carbocycles. The Morgan fingerprint density at radius 2 is 1.91 bits per heavy atom. The first-order chi connectivity index (χ1) is 15.5. The molecule has 2 aliphatic rings. The number of benzene rings is 1. The molecule has 1 aromatic carbocycles. The fourth-order valence-corrected chi connectivity index (χ4v) is 4.83. The van der Waals surface area contributed by atoms with Crippen molar-refractivity contribution in [2.24, 2.45) is 0 Å². The number of carbonyl (C=O) groups excluding carboxylic acids is 2. The molecule has 0 bridgehead atoms. The Hall–Kier alpha value is -2.83. The van der Waals surface area contributed by atoms with Crippen LogP contribution in [-0.2, 0) is 11.3 Å². The van der Waals surface area contributed by atoms with Crippen molar-refractivity contribution in [1.82, 2.24) is 20.0 Å². The minimum atomic E-state index is -0.959. The van der Waals surface area contributed by atoms with Gasteiger partial charge >= 0.3 is 0 Å². The molecule has 0 radical (unpaired) electrons. The molecule has 0 spiro atoms. The van der Waals surface area contributed by atoms with E-state index in [0.717, 1.165) is 49.1 Å². The van der Waals surface area contributed by atoms with Crippen LogP contribution in [0.4, 0.5) is 0 Å². The SMILES string of the molecule is CCCN1C(=O)c2cc(-c3ccc(OCC)cc3)nn2CC1(C)C(=O)NC1CCCCC1. The summed E-state index contributed by atoms with van der Waals surface area (Å²) in [5.41, 5.74) is 1.22. The van der Waals surface area contributed by atoms with Crippen molar-refractivity contribution >= 4 is 11.8 Å². The van der Waals surface area contributed by atoms with Crippen LogP contribution in [0.1, 0.15) is 69.8 Å². The molecule has 4 rings (SSSR count). The summed E-state index contributed by atoms with van der Waals surface area (Å²) >= 11 is 0. The van der Waals surface area contributed by atoms with Gasteiger partial charge < -0.3 is 15.0 Å². The summed E-state index contributed by atoms with van der Waals surface area (Å²) in [6.07, 6.45) is 6.34. The molecule has 7 nitrogen and oxygen atoms in total. The molecule has 1 N–H and O–H groups in total. The van der Waals surface area contributed by atoms with Crippen LogP contribution in [0.2, 0.25) is 0 Å². The van der Waals surface area contributed by atoms with Gasteiger partial charge in [0.15, 0.2) is 0 Å². The number of ether oxygens (including phenoxy) is 1. The van der Waals surface area contributed by atoms with Gasteiger partial charge in [0, 0.05) is 18.2 Å². The highest BCUT2D eigenvalue weighted by Gasteiger charge is 2.48. The Kier molecular flexibility index (Phi) is 6.53. The lowest BCUT2D eigenvalue weighted by atomic mass is 9.91. The van der Waals surface area contributed by atoms with Crippen molar-refractivity contribution in [3.05, 3.63) is 36.0 Å². The highest BCUT2D eigenvalue weighted by molar-refractivity contribution is 6.00. The summed E-state index contributed by atoms with van der Waals surface area (Å²) in [4.78, 5) is 28.7. The summed E-state index contributed by atoms with van der Waals surface area (Å²) in [7, 11) is 0. The number of hydrogen-bond acceptors (Lipinski definition) is 4. The molecule has 172 valence electrons. The van der Waals surface area contributed by atoms with E-state index in [2.05, 4.69) is 5.32 Å². The van der Waals surface area contributed by atoms with Crippen LogP contribution in [0, 0.1) is 0 Å². The normalized spacial score (nSPS) is 21.3. The second kappa shape index (κ2) is 9.35. The topological polar surface area (TPSA) is 76.5 Å². The molecule has 32 heavy (non-hydrogen) atoms. The minimum Gasteiger partial charge on any atom is -0.494 e. The predicted molar refractivity (Wildman–Crippen MR) is 124 cm³/mol. The van der Waals surface area contributed by atoms with Crippen molar-refractivity contribution in [2.75, 3.05) is 13.2 Å². The molecule has 1 atom stereocenters. The van der Waals surface area contributed by atoms with E-state index in [0.29, 0.717) is 25.4 Å². The summed E-state index contributed by atoms with van der Waals surface area (Å²) < 4.78 is 7.23. The Balaban J connectivity index is 1.61. The molecular formula is C25H34N4O3. The molecule has 1 aromatic heterocycles. The van der Waals surface area contributed by atoms with Gasteiger partial charge in [0.05, 0.1) is 18.8 Å². The lowest BCUT2D eigenvalue weighted by molar-refractivity contribution is -0.134. The molecule has 1 fully saturated rings. The maximum Gasteiger partial charge on any atom is 0.273 e. The van der Waals surface area contributed by atoms with Crippen LogP contribution in [0.5, 0.6) is 5.75 Å². The van der Waals surface area contributed by atoms with Crippen molar-refractivity contribution < 1.29 is 14.3 Å².